The Hall–Kier alpha value is 1.14. The van der Waals surface area contributed by atoms with Crippen molar-refractivity contribution in [3.8, 4) is 0 Å². The minimum absolute atomic E-state index is 0. The Morgan fingerprint density at radius 2 is 0.636 bits per heavy atom. The van der Waals surface area contributed by atoms with Crippen molar-refractivity contribution in [1.29, 1.82) is 0 Å². The van der Waals surface area contributed by atoms with Crippen LogP contribution in [-0.2, 0) is 14.3 Å². The summed E-state index contributed by atoms with van der Waals surface area (Å²) in [6.45, 7) is 4.51. The molecule has 0 aromatic heterocycles. The first-order chi connectivity index (χ1) is 15.2. The van der Waals surface area contributed by atoms with E-state index in [0.29, 0.717) is 12.8 Å². The van der Waals surface area contributed by atoms with Crippen LogP contribution >= 0.6 is 0 Å². The van der Waals surface area contributed by atoms with Crippen LogP contribution in [0.1, 0.15) is 171 Å². The van der Waals surface area contributed by atoms with Crippen LogP contribution < -0.4 is 59.1 Å². The monoisotopic (exact) mass is 486 g/mol. The number of carbonyl (C=O) groups excluding carboxylic acids is 2. The fourth-order valence-electron chi connectivity index (χ4n) is 4.10. The Morgan fingerprint density at radius 3 is 0.879 bits per heavy atom. The van der Waals surface area contributed by atoms with Gasteiger partial charge in [-0.15, -0.1) is 0 Å². The second-order valence-electron chi connectivity index (χ2n) is 9.42. The number of esters is 2. The minimum Gasteiger partial charge on any atom is -1.00 e. The van der Waals surface area contributed by atoms with Crippen LogP contribution in [0.15, 0.2) is 0 Å². The SMILES string of the molecule is CCCCCCCCCCCCCC(=O)OC(=O)CCCCCCCCCCCCC.[H-].[H-].[Na+].[Na+]. The summed E-state index contributed by atoms with van der Waals surface area (Å²) in [5.41, 5.74) is 0. The third-order valence-corrected chi connectivity index (χ3v) is 6.20. The minimum atomic E-state index is -0.330. The molecule has 0 atom stereocenters. The van der Waals surface area contributed by atoms with Gasteiger partial charge >= 0.3 is 71.1 Å². The van der Waals surface area contributed by atoms with Crippen LogP contribution in [-0.4, -0.2) is 11.9 Å². The van der Waals surface area contributed by atoms with E-state index in [2.05, 4.69) is 13.8 Å². The van der Waals surface area contributed by atoms with Crippen LogP contribution in [0.4, 0.5) is 0 Å². The summed E-state index contributed by atoms with van der Waals surface area (Å²) in [5.74, 6) is -0.659. The summed E-state index contributed by atoms with van der Waals surface area (Å²) in [6.07, 6.45) is 28.5. The van der Waals surface area contributed by atoms with Crippen LogP contribution in [0.25, 0.3) is 0 Å². The van der Waals surface area contributed by atoms with E-state index in [1.807, 2.05) is 0 Å². The topological polar surface area (TPSA) is 43.4 Å². The van der Waals surface area contributed by atoms with Gasteiger partial charge in [-0.3, -0.25) is 9.59 Å². The predicted molar refractivity (Wildman–Crippen MR) is 135 cm³/mol. The molecule has 3 nitrogen and oxygen atoms in total. The van der Waals surface area contributed by atoms with E-state index >= 15 is 0 Å². The van der Waals surface area contributed by atoms with Crippen LogP contribution in [0, 0.1) is 0 Å². The average Bonchev–Trinajstić information content (AvgIpc) is 2.75. The molecule has 0 spiro atoms. The Kier molecular flexibility index (Phi) is 38.8. The van der Waals surface area contributed by atoms with E-state index in [-0.39, 0.29) is 73.9 Å². The summed E-state index contributed by atoms with van der Waals surface area (Å²) >= 11 is 0. The first-order valence-electron chi connectivity index (χ1n) is 13.9. The van der Waals surface area contributed by atoms with Crippen molar-refractivity contribution in [3.05, 3.63) is 0 Å². The van der Waals surface area contributed by atoms with Gasteiger partial charge in [0.1, 0.15) is 0 Å². The second-order valence-corrected chi connectivity index (χ2v) is 9.42. The van der Waals surface area contributed by atoms with E-state index in [1.54, 1.807) is 0 Å². The van der Waals surface area contributed by atoms with Crippen molar-refractivity contribution >= 4 is 11.9 Å². The van der Waals surface area contributed by atoms with Gasteiger partial charge in [0, 0.05) is 12.8 Å². The summed E-state index contributed by atoms with van der Waals surface area (Å²) in [7, 11) is 0. The second kappa shape index (κ2) is 33.1. The van der Waals surface area contributed by atoms with Gasteiger partial charge in [0.15, 0.2) is 0 Å². The molecular weight excluding hydrogens is 430 g/mol. The number of hydrogen-bond donors (Lipinski definition) is 0. The molecule has 0 aliphatic carbocycles. The molecule has 0 bridgehead atoms. The van der Waals surface area contributed by atoms with Gasteiger partial charge in [0.05, 0.1) is 0 Å². The van der Waals surface area contributed by atoms with E-state index in [0.717, 1.165) is 25.7 Å². The Labute approximate surface area is 254 Å². The molecule has 0 rings (SSSR count). The fraction of sp³-hybridized carbons (Fsp3) is 0.929. The molecule has 0 amide bonds. The van der Waals surface area contributed by atoms with Gasteiger partial charge in [-0.05, 0) is 12.8 Å². The van der Waals surface area contributed by atoms with Crippen molar-refractivity contribution < 1.29 is 76.3 Å². The molecule has 0 aromatic carbocycles. The molecule has 0 radical (unpaired) electrons. The Balaban J connectivity index is -0.000000750. The Morgan fingerprint density at radius 1 is 0.424 bits per heavy atom. The van der Waals surface area contributed by atoms with Crippen molar-refractivity contribution in [1.82, 2.24) is 0 Å². The zero-order valence-electron chi connectivity index (χ0n) is 25.2. The number of unbranched alkanes of at least 4 members (excludes halogenated alkanes) is 20. The largest absolute Gasteiger partial charge is 1.00 e. The molecule has 0 fully saturated rings. The maximum atomic E-state index is 11.8. The van der Waals surface area contributed by atoms with Gasteiger partial charge in [-0.1, -0.05) is 142 Å². The fourth-order valence-corrected chi connectivity index (χ4v) is 4.10. The maximum Gasteiger partial charge on any atom is 1.00 e. The summed E-state index contributed by atoms with van der Waals surface area (Å²) in [4.78, 5) is 23.5. The van der Waals surface area contributed by atoms with Crippen molar-refractivity contribution in [2.24, 2.45) is 0 Å². The molecule has 0 saturated heterocycles. The Bertz CT molecular complexity index is 378. The van der Waals surface area contributed by atoms with E-state index in [4.69, 9.17) is 4.74 Å². The molecule has 33 heavy (non-hydrogen) atoms. The molecule has 0 saturated carbocycles. The first-order valence-corrected chi connectivity index (χ1v) is 13.9. The van der Waals surface area contributed by atoms with Crippen LogP contribution in [0.3, 0.4) is 0 Å². The smallest absolute Gasteiger partial charge is 1.00 e. The van der Waals surface area contributed by atoms with Gasteiger partial charge in [0.2, 0.25) is 0 Å². The van der Waals surface area contributed by atoms with E-state index < -0.39 is 0 Å². The van der Waals surface area contributed by atoms with Gasteiger partial charge in [-0.2, -0.15) is 0 Å². The summed E-state index contributed by atoms with van der Waals surface area (Å²) < 4.78 is 4.96. The predicted octanol–water partition coefficient (Wildman–Crippen LogP) is 3.69. The third kappa shape index (κ3) is 33.1. The molecule has 0 heterocycles. The molecule has 5 heteroatoms. The van der Waals surface area contributed by atoms with Crippen molar-refractivity contribution in [2.45, 2.75) is 168 Å². The number of carbonyl (C=O) groups is 2. The molecule has 0 N–H and O–H groups in total. The van der Waals surface area contributed by atoms with Crippen LogP contribution in [0.5, 0.6) is 0 Å². The molecule has 0 aliphatic heterocycles. The average molecular weight is 487 g/mol. The van der Waals surface area contributed by atoms with Gasteiger partial charge < -0.3 is 7.59 Å². The standard InChI is InChI=1S/C28H54O3.2Na.2H/c1-3-5-7-9-11-13-15-17-19-21-23-25-27(29)31-28(30)26-24-22-20-18-16-14-12-10-8-6-4-2;;;;/h3-26H2,1-2H3;;;;/q;2*+1;2*-1. The molecule has 0 aliphatic rings. The number of ether oxygens (including phenoxy) is 1. The number of hydrogen-bond acceptors (Lipinski definition) is 3. The van der Waals surface area contributed by atoms with Crippen molar-refractivity contribution in [2.75, 3.05) is 0 Å². The zero-order valence-corrected chi connectivity index (χ0v) is 27.2. The van der Waals surface area contributed by atoms with E-state index in [9.17, 15) is 9.59 Å². The van der Waals surface area contributed by atoms with Crippen molar-refractivity contribution in [3.63, 3.8) is 0 Å². The summed E-state index contributed by atoms with van der Waals surface area (Å²) in [6, 6.07) is 0. The molecule has 188 valence electrons. The maximum absolute atomic E-state index is 11.8. The quantitative estimate of drug-likeness (QED) is 0.0905. The third-order valence-electron chi connectivity index (χ3n) is 6.20. The normalized spacial score (nSPS) is 10.4. The van der Waals surface area contributed by atoms with Gasteiger partial charge in [0.25, 0.3) is 0 Å². The molecule has 0 unspecified atom stereocenters. The van der Waals surface area contributed by atoms with Gasteiger partial charge in [-0.25, -0.2) is 0 Å². The first kappa shape index (κ1) is 38.7. The molecular formula is C28H56Na2O3. The summed E-state index contributed by atoms with van der Waals surface area (Å²) in [5, 5.41) is 0. The molecule has 0 aromatic rings. The number of rotatable bonds is 24. The van der Waals surface area contributed by atoms with E-state index in [1.165, 1.54) is 116 Å². The zero-order chi connectivity index (χ0) is 22.8. The van der Waals surface area contributed by atoms with Crippen LogP contribution in [0.2, 0.25) is 0 Å².